The molecule has 4 amide bonds. The lowest BCUT2D eigenvalue weighted by Crippen LogP contribution is -2.46. The molecule has 2 atom stereocenters. The summed E-state index contributed by atoms with van der Waals surface area (Å²) in [5.74, 6) is -6.05. The van der Waals surface area contributed by atoms with Crippen molar-refractivity contribution in [1.29, 1.82) is 0 Å². The number of hydrogen-bond acceptors (Lipinski definition) is 5. The van der Waals surface area contributed by atoms with Gasteiger partial charge >= 0.3 is 24.0 Å². The zero-order valence-electron chi connectivity index (χ0n) is 22.5. The number of aliphatic carboxylic acids is 1. The lowest BCUT2D eigenvalue weighted by atomic mass is 9.94. The van der Waals surface area contributed by atoms with E-state index in [1.165, 1.54) is 45.2 Å². The van der Waals surface area contributed by atoms with Crippen LogP contribution >= 0.6 is 0 Å². The zero-order valence-corrected chi connectivity index (χ0v) is 22.5. The summed E-state index contributed by atoms with van der Waals surface area (Å²) in [6.07, 6.45) is 0. The van der Waals surface area contributed by atoms with Gasteiger partial charge in [-0.3, -0.25) is 0 Å². The van der Waals surface area contributed by atoms with E-state index in [1.807, 2.05) is 0 Å². The largest absolute Gasteiger partial charge is 0.478 e. The number of ether oxygens (including phenoxy) is 1. The Bertz CT molecular complexity index is 1490. The minimum atomic E-state index is -1.23. The third-order valence-corrected chi connectivity index (χ3v) is 6.51. The Kier molecular flexibility index (Phi) is 9.05. The van der Waals surface area contributed by atoms with Gasteiger partial charge < -0.3 is 30.3 Å². The van der Waals surface area contributed by atoms with Gasteiger partial charge in [0.1, 0.15) is 0 Å². The predicted octanol–water partition coefficient (Wildman–Crippen LogP) is 4.13. The van der Waals surface area contributed by atoms with Gasteiger partial charge in [0, 0.05) is 25.5 Å². The molecule has 0 spiro atoms. The number of carbonyl (C=O) groups is 4. The number of carboxylic acid groups (broad SMARTS) is 1. The molecule has 2 aliphatic heterocycles. The molecule has 0 fully saturated rings. The summed E-state index contributed by atoms with van der Waals surface area (Å²) in [5, 5.41) is 14.2. The van der Waals surface area contributed by atoms with E-state index in [2.05, 4.69) is 10.6 Å². The van der Waals surface area contributed by atoms with Crippen LogP contribution in [-0.2, 0) is 14.3 Å². The number of rotatable bonds is 4. The van der Waals surface area contributed by atoms with Gasteiger partial charge in [-0.1, -0.05) is 12.1 Å². The summed E-state index contributed by atoms with van der Waals surface area (Å²) in [6.45, 7) is 2.99. The minimum absolute atomic E-state index is 0.0851. The summed E-state index contributed by atoms with van der Waals surface area (Å²) in [4.78, 5) is 49.2. The van der Waals surface area contributed by atoms with Gasteiger partial charge in [-0.05, 0) is 49.2 Å². The van der Waals surface area contributed by atoms with Gasteiger partial charge in [-0.2, -0.15) is 0 Å². The van der Waals surface area contributed by atoms with Crippen LogP contribution in [0.2, 0.25) is 0 Å². The molecule has 0 saturated carbocycles. The second kappa shape index (κ2) is 12.1. The first kappa shape index (κ1) is 30.7. The molecule has 41 heavy (non-hydrogen) atoms. The van der Waals surface area contributed by atoms with Gasteiger partial charge in [-0.15, -0.1) is 0 Å². The summed E-state index contributed by atoms with van der Waals surface area (Å²) in [6, 6.07) is 3.52. The van der Waals surface area contributed by atoms with Crippen molar-refractivity contribution in [3.8, 4) is 0 Å². The molecule has 4 rings (SSSR count). The third kappa shape index (κ3) is 6.15. The molecule has 14 heteroatoms. The van der Waals surface area contributed by atoms with E-state index < -0.39 is 59.4 Å². The van der Waals surface area contributed by atoms with Crippen LogP contribution in [0.4, 0.5) is 27.2 Å². The molecule has 218 valence electrons. The molecule has 2 aromatic rings. The summed E-state index contributed by atoms with van der Waals surface area (Å²) >= 11 is 0. The van der Waals surface area contributed by atoms with E-state index in [0.717, 1.165) is 29.2 Å². The van der Waals surface area contributed by atoms with Gasteiger partial charge in [0.15, 0.2) is 23.3 Å². The minimum Gasteiger partial charge on any atom is -0.478 e. The van der Waals surface area contributed by atoms with E-state index >= 15 is 0 Å². The number of esters is 1. The molecular formula is C27H26F4N4O6. The highest BCUT2D eigenvalue weighted by Gasteiger charge is 2.37. The quantitative estimate of drug-likeness (QED) is 0.370. The van der Waals surface area contributed by atoms with Crippen LogP contribution in [0.1, 0.15) is 37.1 Å². The maximum absolute atomic E-state index is 13.4. The summed E-state index contributed by atoms with van der Waals surface area (Å²) < 4.78 is 57.5. The Morgan fingerprint density at radius 2 is 1.15 bits per heavy atom. The van der Waals surface area contributed by atoms with Gasteiger partial charge in [0.25, 0.3) is 0 Å². The van der Waals surface area contributed by atoms with Crippen molar-refractivity contribution in [3.63, 3.8) is 0 Å². The van der Waals surface area contributed by atoms with Crippen molar-refractivity contribution in [2.75, 3.05) is 21.2 Å². The molecule has 2 aromatic carbocycles. The maximum Gasteiger partial charge on any atom is 0.337 e. The van der Waals surface area contributed by atoms with Crippen molar-refractivity contribution in [3.05, 3.63) is 93.3 Å². The normalized spacial score (nSPS) is 18.9. The molecule has 0 radical (unpaired) electrons. The Morgan fingerprint density at radius 1 is 0.756 bits per heavy atom. The number of likely N-dealkylation sites (N-methyl/N-ethyl adjacent to an activating group) is 2. The van der Waals surface area contributed by atoms with Crippen molar-refractivity contribution in [2.24, 2.45) is 0 Å². The first-order valence-corrected chi connectivity index (χ1v) is 11.9. The fourth-order valence-corrected chi connectivity index (χ4v) is 4.46. The number of nitrogens with zero attached hydrogens (tertiary/aromatic N) is 2. The smallest absolute Gasteiger partial charge is 0.337 e. The molecule has 0 aromatic heterocycles. The Balaban J connectivity index is 0.000000226. The van der Waals surface area contributed by atoms with E-state index in [9.17, 15) is 41.8 Å². The maximum atomic E-state index is 13.4. The molecule has 3 N–H and O–H groups in total. The number of amides is 4. The average molecular weight is 579 g/mol. The zero-order chi connectivity index (χ0) is 30.8. The summed E-state index contributed by atoms with van der Waals surface area (Å²) in [7, 11) is 4.05. The fourth-order valence-electron chi connectivity index (χ4n) is 4.46. The number of allylic oxidation sites excluding steroid dienone is 2. The number of methoxy groups -OCH3 is 1. The highest BCUT2D eigenvalue weighted by molar-refractivity contribution is 5.95. The number of urea groups is 2. The molecule has 2 heterocycles. The molecule has 2 aliphatic rings. The lowest BCUT2D eigenvalue weighted by molar-refractivity contribution is -0.137. The standard InChI is InChI=1S/C14H14F2N2O3.C13H12F2N2O3/c1-7-11(13(19)21-3)12(18(2)14(20)17-7)8-4-5-9(15)10(16)6-8;1-6-10(12(18)19)11(17(2)13(20)16-6)7-3-4-8(14)9(15)5-7/h4-6,12H,1-3H3,(H,17,20);3-5,11H,1-2H3,(H,16,20)(H,18,19). The van der Waals surface area contributed by atoms with Crippen molar-refractivity contribution >= 4 is 24.0 Å². The van der Waals surface area contributed by atoms with Crippen molar-refractivity contribution in [2.45, 2.75) is 25.9 Å². The Morgan fingerprint density at radius 3 is 1.51 bits per heavy atom. The summed E-state index contributed by atoms with van der Waals surface area (Å²) in [5.41, 5.74) is 1.06. The molecule has 10 nitrogen and oxygen atoms in total. The fraction of sp³-hybridized carbons (Fsp3) is 0.259. The predicted molar refractivity (Wildman–Crippen MR) is 136 cm³/mol. The van der Waals surface area contributed by atoms with E-state index in [1.54, 1.807) is 6.92 Å². The Labute approximate surface area is 231 Å². The third-order valence-electron chi connectivity index (χ3n) is 6.51. The molecular weight excluding hydrogens is 552 g/mol. The van der Waals surface area contributed by atoms with Gasteiger partial charge in [0.2, 0.25) is 0 Å². The molecule has 0 aliphatic carbocycles. The average Bonchev–Trinajstić information content (AvgIpc) is 2.91. The second-order valence-corrected chi connectivity index (χ2v) is 9.11. The van der Waals surface area contributed by atoms with Crippen molar-refractivity contribution in [1.82, 2.24) is 20.4 Å². The monoisotopic (exact) mass is 578 g/mol. The molecule has 0 saturated heterocycles. The lowest BCUT2D eigenvalue weighted by Gasteiger charge is -2.35. The van der Waals surface area contributed by atoms with Gasteiger partial charge in [0.05, 0.1) is 30.3 Å². The van der Waals surface area contributed by atoms with Crippen LogP contribution in [0.15, 0.2) is 58.9 Å². The number of nitrogens with one attached hydrogen (secondary N) is 2. The number of carbonyl (C=O) groups excluding carboxylic acids is 3. The number of benzene rings is 2. The highest BCUT2D eigenvalue weighted by Crippen LogP contribution is 2.34. The van der Waals surface area contributed by atoms with Gasteiger partial charge in [-0.25, -0.2) is 36.7 Å². The number of carboxylic acids is 1. The van der Waals surface area contributed by atoms with E-state index in [0.29, 0.717) is 5.70 Å². The van der Waals surface area contributed by atoms with Crippen LogP contribution in [0, 0.1) is 23.3 Å². The topological polar surface area (TPSA) is 128 Å². The van der Waals surface area contributed by atoms with Crippen LogP contribution < -0.4 is 10.6 Å². The van der Waals surface area contributed by atoms with E-state index in [4.69, 9.17) is 4.74 Å². The van der Waals surface area contributed by atoms with Crippen LogP contribution in [-0.4, -0.2) is 60.1 Å². The molecule has 2 unspecified atom stereocenters. The second-order valence-electron chi connectivity index (χ2n) is 9.11. The van der Waals surface area contributed by atoms with E-state index in [-0.39, 0.29) is 28.0 Å². The first-order valence-electron chi connectivity index (χ1n) is 11.9. The number of halogens is 4. The Hall–Kier alpha value is -4.88. The van der Waals surface area contributed by atoms with Crippen LogP contribution in [0.25, 0.3) is 0 Å². The van der Waals surface area contributed by atoms with Crippen molar-refractivity contribution < 1.29 is 46.6 Å². The highest BCUT2D eigenvalue weighted by atomic mass is 19.2. The number of hydrogen-bond donors (Lipinski definition) is 3. The first-order chi connectivity index (χ1) is 19.2. The molecule has 0 bridgehead atoms. The SMILES string of the molecule is CC1=C(C(=O)O)C(c2ccc(F)c(F)c2)N(C)C(=O)N1.COC(=O)C1=C(C)NC(=O)N(C)C1c1ccc(F)c(F)c1. The van der Waals surface area contributed by atoms with Crippen LogP contribution in [0.5, 0.6) is 0 Å². The van der Waals surface area contributed by atoms with Crippen LogP contribution in [0.3, 0.4) is 0 Å².